The number of carbonyl (C=O) groups is 1. The molecule has 0 fully saturated rings. The number of amides is 1. The highest BCUT2D eigenvalue weighted by molar-refractivity contribution is 5.87. The fourth-order valence-electron chi connectivity index (χ4n) is 2.71. The summed E-state index contributed by atoms with van der Waals surface area (Å²) in [5, 5.41) is 6.38. The van der Waals surface area contributed by atoms with Gasteiger partial charge < -0.3 is 10.6 Å². The summed E-state index contributed by atoms with van der Waals surface area (Å²) in [4.78, 5) is 12.4. The van der Waals surface area contributed by atoms with Crippen LogP contribution in [-0.2, 0) is 11.2 Å². The Kier molecular flexibility index (Phi) is 3.65. The first-order chi connectivity index (χ1) is 10.1. The van der Waals surface area contributed by atoms with Gasteiger partial charge in [0.05, 0.1) is 6.04 Å². The molecule has 3 heteroatoms. The number of anilines is 1. The third-order valence-electron chi connectivity index (χ3n) is 4.02. The molecule has 1 amide bonds. The molecule has 108 valence electrons. The van der Waals surface area contributed by atoms with Crippen LogP contribution in [0, 0.1) is 6.92 Å². The van der Waals surface area contributed by atoms with Gasteiger partial charge in [0.1, 0.15) is 6.04 Å². The Bertz CT molecular complexity index is 624. The van der Waals surface area contributed by atoms with Crippen molar-refractivity contribution in [2.45, 2.75) is 32.4 Å². The van der Waals surface area contributed by atoms with Gasteiger partial charge >= 0.3 is 0 Å². The molecule has 21 heavy (non-hydrogen) atoms. The van der Waals surface area contributed by atoms with Crippen molar-refractivity contribution in [1.82, 2.24) is 5.32 Å². The van der Waals surface area contributed by atoms with E-state index in [-0.39, 0.29) is 18.0 Å². The molecule has 0 spiro atoms. The first-order valence-electron chi connectivity index (χ1n) is 7.35. The highest BCUT2D eigenvalue weighted by Crippen LogP contribution is 2.25. The van der Waals surface area contributed by atoms with E-state index in [9.17, 15) is 4.79 Å². The summed E-state index contributed by atoms with van der Waals surface area (Å²) in [5.41, 5.74) is 4.64. The zero-order valence-electron chi connectivity index (χ0n) is 12.4. The fraction of sp³-hybridized carbons (Fsp3) is 0.278. The summed E-state index contributed by atoms with van der Waals surface area (Å²) in [6.45, 7) is 4.08. The molecule has 1 aliphatic heterocycles. The van der Waals surface area contributed by atoms with E-state index in [1.165, 1.54) is 11.1 Å². The van der Waals surface area contributed by atoms with Gasteiger partial charge in [-0.1, -0.05) is 48.0 Å². The molecule has 0 saturated heterocycles. The SMILES string of the molecule is Cc1ccc([C@H](C)NC(=O)C2Cc3ccccc3N2)cc1. The van der Waals surface area contributed by atoms with Crippen LogP contribution in [0.4, 0.5) is 5.69 Å². The number of hydrogen-bond acceptors (Lipinski definition) is 2. The number of aryl methyl sites for hydroxylation is 1. The van der Waals surface area contributed by atoms with E-state index < -0.39 is 0 Å². The Morgan fingerprint density at radius 3 is 2.62 bits per heavy atom. The van der Waals surface area contributed by atoms with Crippen molar-refractivity contribution < 1.29 is 4.79 Å². The van der Waals surface area contributed by atoms with Gasteiger partial charge in [-0.2, -0.15) is 0 Å². The van der Waals surface area contributed by atoms with Gasteiger partial charge in [-0.25, -0.2) is 0 Å². The van der Waals surface area contributed by atoms with Crippen LogP contribution in [0.15, 0.2) is 48.5 Å². The number of para-hydroxylation sites is 1. The van der Waals surface area contributed by atoms with Gasteiger partial charge in [0.15, 0.2) is 0 Å². The molecule has 0 radical (unpaired) electrons. The number of benzene rings is 2. The van der Waals surface area contributed by atoms with E-state index in [4.69, 9.17) is 0 Å². The predicted octanol–water partition coefficient (Wildman–Crippen LogP) is 3.21. The standard InChI is InChI=1S/C18H20N2O/c1-12-7-9-14(10-8-12)13(2)19-18(21)17-11-15-5-3-4-6-16(15)20-17/h3-10,13,17,20H,11H2,1-2H3,(H,19,21)/t13-,17?/m0/s1. The summed E-state index contributed by atoms with van der Waals surface area (Å²) in [7, 11) is 0. The highest BCUT2D eigenvalue weighted by atomic mass is 16.2. The van der Waals surface area contributed by atoms with Gasteiger partial charge in [-0.05, 0) is 31.0 Å². The van der Waals surface area contributed by atoms with E-state index in [1.807, 2.05) is 25.1 Å². The van der Waals surface area contributed by atoms with Crippen molar-refractivity contribution in [3.63, 3.8) is 0 Å². The Morgan fingerprint density at radius 1 is 1.19 bits per heavy atom. The zero-order valence-corrected chi connectivity index (χ0v) is 12.4. The molecule has 1 heterocycles. The molecule has 0 aliphatic carbocycles. The summed E-state index contributed by atoms with van der Waals surface area (Å²) in [6.07, 6.45) is 0.753. The van der Waals surface area contributed by atoms with Crippen LogP contribution < -0.4 is 10.6 Å². The Hall–Kier alpha value is -2.29. The highest BCUT2D eigenvalue weighted by Gasteiger charge is 2.27. The van der Waals surface area contributed by atoms with Crippen LogP contribution in [0.25, 0.3) is 0 Å². The fourth-order valence-corrected chi connectivity index (χ4v) is 2.71. The predicted molar refractivity (Wildman–Crippen MR) is 85.3 cm³/mol. The average Bonchev–Trinajstić information content (AvgIpc) is 2.92. The smallest absolute Gasteiger partial charge is 0.243 e. The Morgan fingerprint density at radius 2 is 1.90 bits per heavy atom. The summed E-state index contributed by atoms with van der Waals surface area (Å²) < 4.78 is 0. The molecule has 2 atom stereocenters. The second kappa shape index (κ2) is 5.60. The lowest BCUT2D eigenvalue weighted by Gasteiger charge is -2.18. The van der Waals surface area contributed by atoms with Gasteiger partial charge in [-0.15, -0.1) is 0 Å². The molecular formula is C18H20N2O. The van der Waals surface area contributed by atoms with E-state index in [2.05, 4.69) is 47.9 Å². The molecule has 2 N–H and O–H groups in total. The van der Waals surface area contributed by atoms with Crippen LogP contribution in [0.1, 0.15) is 29.7 Å². The van der Waals surface area contributed by atoms with Gasteiger partial charge in [0.2, 0.25) is 5.91 Å². The monoisotopic (exact) mass is 280 g/mol. The van der Waals surface area contributed by atoms with Crippen molar-refractivity contribution in [1.29, 1.82) is 0 Å². The second-order valence-electron chi connectivity index (χ2n) is 5.70. The van der Waals surface area contributed by atoms with Gasteiger partial charge in [0.25, 0.3) is 0 Å². The molecule has 0 aromatic heterocycles. The summed E-state index contributed by atoms with van der Waals surface area (Å²) in [6, 6.07) is 16.2. The maximum Gasteiger partial charge on any atom is 0.243 e. The molecule has 0 saturated carbocycles. The lowest BCUT2D eigenvalue weighted by atomic mass is 10.1. The minimum Gasteiger partial charge on any atom is -0.373 e. The van der Waals surface area contributed by atoms with Crippen LogP contribution in [-0.4, -0.2) is 11.9 Å². The number of fused-ring (bicyclic) bond motifs is 1. The maximum absolute atomic E-state index is 12.4. The van der Waals surface area contributed by atoms with Crippen molar-refractivity contribution in [2.75, 3.05) is 5.32 Å². The molecule has 3 nitrogen and oxygen atoms in total. The van der Waals surface area contributed by atoms with Crippen LogP contribution >= 0.6 is 0 Å². The molecule has 2 aromatic rings. The Labute approximate surface area is 125 Å². The van der Waals surface area contributed by atoms with Crippen molar-refractivity contribution in [3.05, 3.63) is 65.2 Å². The molecule has 3 rings (SSSR count). The third kappa shape index (κ3) is 2.92. The minimum atomic E-state index is -0.171. The second-order valence-corrected chi connectivity index (χ2v) is 5.70. The van der Waals surface area contributed by atoms with Crippen molar-refractivity contribution in [2.24, 2.45) is 0 Å². The maximum atomic E-state index is 12.4. The van der Waals surface area contributed by atoms with Crippen LogP contribution in [0.3, 0.4) is 0 Å². The van der Waals surface area contributed by atoms with Gasteiger partial charge in [0, 0.05) is 12.1 Å². The number of nitrogens with one attached hydrogen (secondary N) is 2. The summed E-state index contributed by atoms with van der Waals surface area (Å²) in [5.74, 6) is 0.0549. The van der Waals surface area contributed by atoms with E-state index >= 15 is 0 Å². The molecule has 0 bridgehead atoms. The number of hydrogen-bond donors (Lipinski definition) is 2. The number of carbonyl (C=O) groups excluding carboxylic acids is 1. The van der Waals surface area contributed by atoms with Crippen LogP contribution in [0.2, 0.25) is 0 Å². The summed E-state index contributed by atoms with van der Waals surface area (Å²) >= 11 is 0. The Balaban J connectivity index is 1.64. The zero-order chi connectivity index (χ0) is 14.8. The minimum absolute atomic E-state index is 0.0172. The first-order valence-corrected chi connectivity index (χ1v) is 7.35. The number of rotatable bonds is 3. The lowest BCUT2D eigenvalue weighted by molar-refractivity contribution is -0.122. The van der Waals surface area contributed by atoms with E-state index in [0.717, 1.165) is 17.7 Å². The van der Waals surface area contributed by atoms with Crippen LogP contribution in [0.5, 0.6) is 0 Å². The van der Waals surface area contributed by atoms with Crippen molar-refractivity contribution in [3.8, 4) is 0 Å². The average molecular weight is 280 g/mol. The molecule has 1 aliphatic rings. The van der Waals surface area contributed by atoms with Gasteiger partial charge in [-0.3, -0.25) is 4.79 Å². The first kappa shape index (κ1) is 13.7. The molecule has 2 aromatic carbocycles. The molecular weight excluding hydrogens is 260 g/mol. The quantitative estimate of drug-likeness (QED) is 0.906. The largest absolute Gasteiger partial charge is 0.373 e. The van der Waals surface area contributed by atoms with Crippen molar-refractivity contribution >= 4 is 11.6 Å². The topological polar surface area (TPSA) is 41.1 Å². The lowest BCUT2D eigenvalue weighted by Crippen LogP contribution is -2.39. The molecule has 1 unspecified atom stereocenters. The van der Waals surface area contributed by atoms with E-state index in [0.29, 0.717) is 0 Å². The third-order valence-corrected chi connectivity index (χ3v) is 4.02. The van der Waals surface area contributed by atoms with E-state index in [1.54, 1.807) is 0 Å². The normalized spacial score (nSPS) is 17.7.